The predicted molar refractivity (Wildman–Crippen MR) is 126 cm³/mol. The number of benzene rings is 3. The van der Waals surface area contributed by atoms with Crippen LogP contribution in [0.5, 0.6) is 5.75 Å². The summed E-state index contributed by atoms with van der Waals surface area (Å²) in [5, 5.41) is 0. The Kier molecular flexibility index (Phi) is 7.70. The van der Waals surface area contributed by atoms with Crippen LogP contribution in [-0.2, 0) is 9.47 Å². The summed E-state index contributed by atoms with van der Waals surface area (Å²) < 4.78 is 60.2. The minimum absolute atomic E-state index is 0.127. The molecule has 0 atom stereocenters. The van der Waals surface area contributed by atoms with E-state index in [0.717, 1.165) is 12.0 Å². The Morgan fingerprint density at radius 2 is 1.53 bits per heavy atom. The van der Waals surface area contributed by atoms with Crippen molar-refractivity contribution in [3.63, 3.8) is 0 Å². The van der Waals surface area contributed by atoms with Crippen LogP contribution in [0.4, 0.5) is 13.2 Å². The van der Waals surface area contributed by atoms with Gasteiger partial charge in [-0.2, -0.15) is 4.39 Å². The van der Waals surface area contributed by atoms with E-state index in [9.17, 15) is 13.2 Å². The van der Waals surface area contributed by atoms with Crippen molar-refractivity contribution in [2.75, 3.05) is 19.8 Å². The smallest absolute Gasteiger partial charge is 0.201 e. The molecule has 4 rings (SSSR count). The fourth-order valence-corrected chi connectivity index (χ4v) is 3.90. The number of hydrogen-bond acceptors (Lipinski definition) is 3. The van der Waals surface area contributed by atoms with Crippen LogP contribution in [0.15, 0.2) is 66.7 Å². The van der Waals surface area contributed by atoms with E-state index in [1.807, 2.05) is 26.0 Å². The van der Waals surface area contributed by atoms with Crippen molar-refractivity contribution in [2.45, 2.75) is 32.5 Å². The van der Waals surface area contributed by atoms with Gasteiger partial charge in [-0.15, -0.1) is 0 Å². The molecule has 0 aromatic heterocycles. The van der Waals surface area contributed by atoms with Crippen molar-refractivity contribution >= 4 is 0 Å². The van der Waals surface area contributed by atoms with E-state index in [1.165, 1.54) is 18.2 Å². The third-order valence-corrected chi connectivity index (χ3v) is 5.82. The van der Waals surface area contributed by atoms with Gasteiger partial charge in [0.25, 0.3) is 0 Å². The molecule has 1 fully saturated rings. The second-order valence-electron chi connectivity index (χ2n) is 8.17. The molecule has 3 aromatic carbocycles. The van der Waals surface area contributed by atoms with E-state index in [0.29, 0.717) is 29.9 Å². The van der Waals surface area contributed by atoms with E-state index in [2.05, 4.69) is 0 Å². The topological polar surface area (TPSA) is 27.7 Å². The average molecular weight is 469 g/mol. The summed E-state index contributed by atoms with van der Waals surface area (Å²) in [6.07, 6.45) is 4.22. The standard InChI is InChI=1S/C28H27F3O3/c1-3-4-5-14-32-26-13-12-24(27(30)28(26)31)20-8-6-19(7-9-20)21-10-11-23(25(29)15-21)22-16-33-18(2)34-17-22/h4-13,15,18,22H,3,14,16-17H2,1-2H3/b5-4+. The van der Waals surface area contributed by atoms with Crippen LogP contribution in [-0.4, -0.2) is 26.1 Å². The lowest BCUT2D eigenvalue weighted by Gasteiger charge is -2.27. The maximum absolute atomic E-state index is 14.8. The highest BCUT2D eigenvalue weighted by Gasteiger charge is 2.23. The molecule has 34 heavy (non-hydrogen) atoms. The number of allylic oxidation sites excluding steroid dienone is 1. The van der Waals surface area contributed by atoms with E-state index in [-0.39, 0.29) is 35.9 Å². The first-order valence-corrected chi connectivity index (χ1v) is 11.4. The quantitative estimate of drug-likeness (QED) is 0.342. The molecule has 1 aliphatic heterocycles. The van der Waals surface area contributed by atoms with Crippen molar-refractivity contribution in [3.8, 4) is 28.0 Å². The molecule has 6 heteroatoms. The van der Waals surface area contributed by atoms with Gasteiger partial charge in [-0.3, -0.25) is 0 Å². The molecular formula is C28H27F3O3. The van der Waals surface area contributed by atoms with Crippen LogP contribution < -0.4 is 4.74 Å². The van der Waals surface area contributed by atoms with Gasteiger partial charge in [0, 0.05) is 11.5 Å². The molecule has 0 aliphatic carbocycles. The summed E-state index contributed by atoms with van der Waals surface area (Å²) in [4.78, 5) is 0. The van der Waals surface area contributed by atoms with Gasteiger partial charge >= 0.3 is 0 Å². The maximum Gasteiger partial charge on any atom is 0.201 e. The second-order valence-corrected chi connectivity index (χ2v) is 8.17. The third kappa shape index (κ3) is 5.34. The van der Waals surface area contributed by atoms with Crippen LogP contribution in [0.2, 0.25) is 0 Å². The van der Waals surface area contributed by atoms with E-state index >= 15 is 0 Å². The second kappa shape index (κ2) is 10.9. The Hall–Kier alpha value is -3.09. The molecule has 0 unspecified atom stereocenters. The third-order valence-electron chi connectivity index (χ3n) is 5.82. The fraction of sp³-hybridized carbons (Fsp3) is 0.286. The van der Waals surface area contributed by atoms with Crippen molar-refractivity contribution in [3.05, 3.63) is 89.8 Å². The van der Waals surface area contributed by atoms with Gasteiger partial charge in [0.1, 0.15) is 12.4 Å². The lowest BCUT2D eigenvalue weighted by atomic mass is 9.95. The molecule has 1 aliphatic rings. The molecule has 178 valence electrons. The molecule has 0 radical (unpaired) electrons. The van der Waals surface area contributed by atoms with Crippen LogP contribution in [0.3, 0.4) is 0 Å². The maximum atomic E-state index is 14.8. The molecule has 3 nitrogen and oxygen atoms in total. The van der Waals surface area contributed by atoms with Gasteiger partial charge in [-0.05, 0) is 53.8 Å². The number of rotatable bonds is 7. The number of halogens is 3. The summed E-state index contributed by atoms with van der Waals surface area (Å²) >= 11 is 0. The lowest BCUT2D eigenvalue weighted by molar-refractivity contribution is -0.176. The van der Waals surface area contributed by atoms with E-state index in [1.54, 1.807) is 36.4 Å². The van der Waals surface area contributed by atoms with E-state index in [4.69, 9.17) is 14.2 Å². The van der Waals surface area contributed by atoms with Gasteiger partial charge in [-0.1, -0.05) is 55.5 Å². The molecular weight excluding hydrogens is 441 g/mol. The van der Waals surface area contributed by atoms with Crippen molar-refractivity contribution in [1.29, 1.82) is 0 Å². The summed E-state index contributed by atoms with van der Waals surface area (Å²) in [5.41, 5.74) is 2.66. The Bertz CT molecular complexity index is 1150. The van der Waals surface area contributed by atoms with Crippen LogP contribution in [0.1, 0.15) is 31.7 Å². The van der Waals surface area contributed by atoms with Crippen molar-refractivity contribution in [1.82, 2.24) is 0 Å². The minimum Gasteiger partial charge on any atom is -0.486 e. The predicted octanol–water partition coefficient (Wildman–Crippen LogP) is 7.26. The molecule has 0 bridgehead atoms. The summed E-state index contributed by atoms with van der Waals surface area (Å²) in [5.74, 6) is -2.59. The molecule has 0 amide bonds. The minimum atomic E-state index is -1.02. The van der Waals surface area contributed by atoms with Gasteiger partial charge in [-0.25, -0.2) is 8.78 Å². The SMILES string of the molecule is CC/C=C/COc1ccc(-c2ccc(-c3ccc(C4COC(C)OC4)c(F)c3)cc2)c(F)c1F. The molecule has 0 N–H and O–H groups in total. The Labute approximate surface area is 197 Å². The summed E-state index contributed by atoms with van der Waals surface area (Å²) in [6.45, 7) is 4.79. The van der Waals surface area contributed by atoms with Crippen LogP contribution in [0, 0.1) is 17.5 Å². The first kappa shape index (κ1) is 24.0. The molecule has 1 saturated heterocycles. The first-order chi connectivity index (χ1) is 16.5. The number of ether oxygens (including phenoxy) is 3. The highest BCUT2D eigenvalue weighted by Crippen LogP contribution is 2.33. The summed E-state index contributed by atoms with van der Waals surface area (Å²) in [7, 11) is 0. The van der Waals surface area contributed by atoms with E-state index < -0.39 is 11.6 Å². The molecule has 3 aromatic rings. The Morgan fingerprint density at radius 3 is 2.21 bits per heavy atom. The number of hydrogen-bond donors (Lipinski definition) is 0. The largest absolute Gasteiger partial charge is 0.486 e. The molecule has 0 saturated carbocycles. The first-order valence-electron chi connectivity index (χ1n) is 11.4. The fourth-order valence-electron chi connectivity index (χ4n) is 3.90. The van der Waals surface area contributed by atoms with Crippen LogP contribution >= 0.6 is 0 Å². The molecule has 1 heterocycles. The van der Waals surface area contributed by atoms with Gasteiger partial charge in [0.2, 0.25) is 5.82 Å². The monoisotopic (exact) mass is 468 g/mol. The lowest BCUT2D eigenvalue weighted by Crippen LogP contribution is -2.29. The summed E-state index contributed by atoms with van der Waals surface area (Å²) in [6, 6.07) is 14.9. The normalized spacial score (nSPS) is 18.4. The molecule has 0 spiro atoms. The zero-order valence-electron chi connectivity index (χ0n) is 19.2. The van der Waals surface area contributed by atoms with Gasteiger partial charge < -0.3 is 14.2 Å². The highest BCUT2D eigenvalue weighted by atomic mass is 19.2. The van der Waals surface area contributed by atoms with Gasteiger partial charge in [0.05, 0.1) is 13.2 Å². The van der Waals surface area contributed by atoms with Crippen molar-refractivity contribution in [2.24, 2.45) is 0 Å². The zero-order valence-corrected chi connectivity index (χ0v) is 19.2. The van der Waals surface area contributed by atoms with Crippen LogP contribution in [0.25, 0.3) is 22.3 Å². The average Bonchev–Trinajstić information content (AvgIpc) is 2.85. The Balaban J connectivity index is 1.50. The van der Waals surface area contributed by atoms with Crippen molar-refractivity contribution < 1.29 is 27.4 Å². The highest BCUT2D eigenvalue weighted by molar-refractivity contribution is 5.71. The zero-order chi connectivity index (χ0) is 24.1. The Morgan fingerprint density at radius 1 is 0.853 bits per heavy atom. The van der Waals surface area contributed by atoms with Gasteiger partial charge in [0.15, 0.2) is 17.9 Å².